The van der Waals surface area contributed by atoms with E-state index >= 15 is 0 Å². The molecule has 302 valence electrons. The average molecular weight is 859 g/mol. The molecule has 0 aromatic heterocycles. The second kappa shape index (κ2) is 15.9. The summed E-state index contributed by atoms with van der Waals surface area (Å²) in [5.41, 5.74) is 17.5. The number of non-ortho nitro benzene ring substituents is 1. The van der Waals surface area contributed by atoms with Crippen molar-refractivity contribution in [2.45, 2.75) is 14.7 Å². The molecule has 59 heavy (non-hydrogen) atoms. The van der Waals surface area contributed by atoms with Gasteiger partial charge in [0.15, 0.2) is 15.6 Å². The highest BCUT2D eigenvalue weighted by Crippen LogP contribution is 2.48. The zero-order chi connectivity index (χ0) is 42.9. The molecule has 0 saturated heterocycles. The van der Waals surface area contributed by atoms with Gasteiger partial charge in [0, 0.05) is 29.8 Å². The van der Waals surface area contributed by atoms with Gasteiger partial charge >= 0.3 is 0 Å². The molecule has 0 spiro atoms. The standard InChI is InChI=1S/C35H29N11O10S3/c1-57(50,51)29-16-19-17-30(59(54,55)56)34(35(47)31(19)32(38)33(29)43-40-22-7-11-25(12-8-22)46(48)49)44-41-23-9-13-26(14-10-23)58(52,53)45-24-5-3-21(4-6-24)39-42-28-15-2-20(36)18-27(28)37/h2-18,45,47H,36-38H2,1H3,(H,54,55,56)/p-1. The summed E-state index contributed by atoms with van der Waals surface area (Å²) >= 11 is 0. The SMILES string of the molecule is CS(=O)(=O)c1cc2cc(S(=O)(=O)[O-])c(N=Nc3ccc(S(=O)(=O)Nc4ccc(N=Nc5ccc(N)cc5N)cc4)cc3)c(O)c2c(N)c1N=Nc1ccc([N+](=O)[O-])cc1. The molecule has 21 nitrogen and oxygen atoms in total. The number of phenols is 1. The van der Waals surface area contributed by atoms with Gasteiger partial charge in [0.2, 0.25) is 0 Å². The number of phenolic OH excluding ortho intramolecular Hbond substituents is 1. The number of nitrogen functional groups attached to an aromatic ring is 3. The number of nitrogens with zero attached hydrogens (tertiary/aromatic N) is 7. The molecule has 6 aromatic carbocycles. The monoisotopic (exact) mass is 858 g/mol. The molecule has 0 fully saturated rings. The number of azo groups is 3. The Bertz CT molecular complexity index is 3090. The number of anilines is 4. The van der Waals surface area contributed by atoms with Gasteiger partial charge < -0.3 is 26.9 Å². The van der Waals surface area contributed by atoms with Crippen molar-refractivity contribution < 1.29 is 39.8 Å². The van der Waals surface area contributed by atoms with Crippen LogP contribution in [0, 0.1) is 10.1 Å². The van der Waals surface area contributed by atoms with Gasteiger partial charge in [-0.2, -0.15) is 15.3 Å². The Balaban J connectivity index is 1.29. The van der Waals surface area contributed by atoms with Gasteiger partial charge in [0.25, 0.3) is 15.7 Å². The summed E-state index contributed by atoms with van der Waals surface area (Å²) in [5.74, 6) is -0.990. The lowest BCUT2D eigenvalue weighted by atomic mass is 10.1. The second-order valence-corrected chi connectivity index (χ2v) is 17.4. The van der Waals surface area contributed by atoms with E-state index in [2.05, 4.69) is 35.4 Å². The molecule has 0 saturated carbocycles. The van der Waals surface area contributed by atoms with E-state index in [4.69, 9.17) is 17.2 Å². The quantitative estimate of drug-likeness (QED) is 0.0261. The van der Waals surface area contributed by atoms with Crippen LogP contribution in [0.25, 0.3) is 10.8 Å². The van der Waals surface area contributed by atoms with Crippen LogP contribution >= 0.6 is 0 Å². The summed E-state index contributed by atoms with van der Waals surface area (Å²) in [6.07, 6.45) is 0.798. The van der Waals surface area contributed by atoms with E-state index in [1.165, 1.54) is 54.6 Å². The predicted octanol–water partition coefficient (Wildman–Crippen LogP) is 7.55. The lowest BCUT2D eigenvalue weighted by molar-refractivity contribution is -0.384. The Hall–Kier alpha value is -7.41. The van der Waals surface area contributed by atoms with E-state index < -0.39 is 67.5 Å². The number of nitro groups is 1. The Morgan fingerprint density at radius 1 is 0.661 bits per heavy atom. The topological polar surface area (TPSA) is 353 Å². The van der Waals surface area contributed by atoms with E-state index in [1.807, 2.05) is 0 Å². The summed E-state index contributed by atoms with van der Waals surface area (Å²) in [6, 6.07) is 21.8. The van der Waals surface area contributed by atoms with Crippen molar-refractivity contribution >= 4 is 103 Å². The van der Waals surface area contributed by atoms with E-state index in [-0.39, 0.29) is 38.4 Å². The number of rotatable bonds is 12. The number of nitrogens with one attached hydrogen (secondary N) is 1. The highest BCUT2D eigenvalue weighted by molar-refractivity contribution is 7.92. The molecular weight excluding hydrogens is 831 g/mol. The third kappa shape index (κ3) is 9.26. The van der Waals surface area contributed by atoms with Crippen LogP contribution in [-0.2, 0) is 30.0 Å². The van der Waals surface area contributed by atoms with Crippen LogP contribution in [0.5, 0.6) is 5.75 Å². The number of aromatic hydroxyl groups is 1. The third-order valence-electron chi connectivity index (χ3n) is 8.17. The maximum absolute atomic E-state index is 13.1. The van der Waals surface area contributed by atoms with Crippen LogP contribution in [-0.4, -0.2) is 46.1 Å². The number of sulfonamides is 1. The maximum Gasteiger partial charge on any atom is 0.269 e. The van der Waals surface area contributed by atoms with Crippen molar-refractivity contribution in [3.05, 3.63) is 113 Å². The molecule has 0 unspecified atom stereocenters. The van der Waals surface area contributed by atoms with E-state index in [0.717, 1.165) is 42.7 Å². The van der Waals surface area contributed by atoms with E-state index in [0.29, 0.717) is 22.7 Å². The van der Waals surface area contributed by atoms with Gasteiger partial charge in [0.1, 0.15) is 27.2 Å². The van der Waals surface area contributed by atoms with E-state index in [1.54, 1.807) is 12.1 Å². The Morgan fingerprint density at radius 3 is 1.73 bits per heavy atom. The molecule has 0 radical (unpaired) electrons. The van der Waals surface area contributed by atoms with Crippen molar-refractivity contribution in [1.29, 1.82) is 0 Å². The predicted molar refractivity (Wildman–Crippen MR) is 216 cm³/mol. The van der Waals surface area contributed by atoms with Crippen molar-refractivity contribution in [2.75, 3.05) is 28.2 Å². The zero-order valence-corrected chi connectivity index (χ0v) is 32.5. The first kappa shape index (κ1) is 41.2. The molecular formula is C35H28N11O10S3-. The van der Waals surface area contributed by atoms with Gasteiger partial charge in [-0.3, -0.25) is 14.8 Å². The van der Waals surface area contributed by atoms with Crippen molar-refractivity contribution in [3.63, 3.8) is 0 Å². The normalized spacial score (nSPS) is 12.5. The number of hydrogen-bond acceptors (Lipinski definition) is 19. The van der Waals surface area contributed by atoms with Crippen molar-refractivity contribution in [1.82, 2.24) is 0 Å². The van der Waals surface area contributed by atoms with Gasteiger partial charge in [-0.15, -0.1) is 15.3 Å². The number of benzene rings is 6. The fourth-order valence-corrected chi connectivity index (χ4v) is 7.87. The molecule has 0 aliphatic rings. The minimum atomic E-state index is -5.41. The van der Waals surface area contributed by atoms with Crippen LogP contribution in [0.4, 0.5) is 62.6 Å². The molecule has 0 amide bonds. The van der Waals surface area contributed by atoms with Gasteiger partial charge in [0.05, 0.1) is 53.4 Å². The van der Waals surface area contributed by atoms with Crippen LogP contribution < -0.4 is 21.9 Å². The Labute approximate surface area is 334 Å². The number of sulfone groups is 1. The minimum Gasteiger partial charge on any atom is -0.744 e. The summed E-state index contributed by atoms with van der Waals surface area (Å²) in [5, 5.41) is 45.3. The van der Waals surface area contributed by atoms with Gasteiger partial charge in [-0.05, 0) is 96.4 Å². The van der Waals surface area contributed by atoms with Crippen LogP contribution in [0.1, 0.15) is 0 Å². The molecule has 24 heteroatoms. The molecule has 6 rings (SSSR count). The summed E-state index contributed by atoms with van der Waals surface area (Å²) in [4.78, 5) is 8.50. The number of nitro benzene ring substituents is 1. The number of fused-ring (bicyclic) bond motifs is 1. The second-order valence-electron chi connectivity index (χ2n) is 12.4. The van der Waals surface area contributed by atoms with Crippen molar-refractivity contribution in [3.8, 4) is 5.75 Å². The highest BCUT2D eigenvalue weighted by atomic mass is 32.2. The summed E-state index contributed by atoms with van der Waals surface area (Å²) in [6.45, 7) is 0. The number of hydrogen-bond donors (Lipinski definition) is 5. The lowest BCUT2D eigenvalue weighted by Gasteiger charge is -2.16. The minimum absolute atomic E-state index is 0.0490. The molecule has 8 N–H and O–H groups in total. The van der Waals surface area contributed by atoms with Crippen LogP contribution in [0.3, 0.4) is 0 Å². The van der Waals surface area contributed by atoms with Crippen LogP contribution in [0.2, 0.25) is 0 Å². The van der Waals surface area contributed by atoms with Crippen molar-refractivity contribution in [2.24, 2.45) is 30.7 Å². The molecule has 0 aliphatic carbocycles. The first-order valence-electron chi connectivity index (χ1n) is 16.4. The first-order valence-corrected chi connectivity index (χ1v) is 21.2. The molecule has 6 aromatic rings. The van der Waals surface area contributed by atoms with Gasteiger partial charge in [-0.1, -0.05) is 0 Å². The number of nitrogens with two attached hydrogens (primary N) is 3. The average Bonchev–Trinajstić information content (AvgIpc) is 3.16. The first-order chi connectivity index (χ1) is 27.7. The van der Waals surface area contributed by atoms with Crippen LogP contribution in [0.15, 0.2) is 149 Å². The maximum atomic E-state index is 13.1. The molecule has 0 heterocycles. The highest BCUT2D eigenvalue weighted by Gasteiger charge is 2.25. The zero-order valence-electron chi connectivity index (χ0n) is 30.0. The lowest BCUT2D eigenvalue weighted by Crippen LogP contribution is -2.12. The fourth-order valence-electron chi connectivity index (χ4n) is 5.32. The fraction of sp³-hybridized carbons (Fsp3) is 0.0286. The van der Waals surface area contributed by atoms with E-state index in [9.17, 15) is 45.0 Å². The Morgan fingerprint density at radius 2 is 1.19 bits per heavy atom. The molecule has 0 atom stereocenters. The molecule has 0 aliphatic heterocycles. The third-order valence-corrected chi connectivity index (χ3v) is 11.5. The summed E-state index contributed by atoms with van der Waals surface area (Å²) in [7, 11) is -13.7. The molecule has 0 bridgehead atoms. The smallest absolute Gasteiger partial charge is 0.269 e. The summed E-state index contributed by atoms with van der Waals surface area (Å²) < 4.78 is 91.4. The largest absolute Gasteiger partial charge is 0.744 e. The van der Waals surface area contributed by atoms with Gasteiger partial charge in [-0.25, -0.2) is 25.3 Å². The Kier molecular flexibility index (Phi) is 11.1.